The second-order valence-corrected chi connectivity index (χ2v) is 9.86. The zero-order chi connectivity index (χ0) is 18.5. The summed E-state index contributed by atoms with van der Waals surface area (Å²) in [5.41, 5.74) is 4.69. The molecule has 27 heavy (non-hydrogen) atoms. The van der Waals surface area contributed by atoms with E-state index < -0.39 is 0 Å². The summed E-state index contributed by atoms with van der Waals surface area (Å²) >= 11 is 14.9. The van der Waals surface area contributed by atoms with Crippen LogP contribution in [0.1, 0.15) is 0 Å². The Kier molecular flexibility index (Phi) is 4.40. The van der Waals surface area contributed by atoms with Crippen LogP contribution in [0.2, 0.25) is 4.34 Å². The number of hydrogen-bond acceptors (Lipinski definition) is 1. The SMILES string of the molecule is Clc1ccc(-c2ccc(-n3c4cc(Br)ccc4c4ccc(Br)cc43)cc2)s1. The quantitative estimate of drug-likeness (QED) is 0.221. The van der Waals surface area contributed by atoms with Gasteiger partial charge in [-0.3, -0.25) is 0 Å². The van der Waals surface area contributed by atoms with Gasteiger partial charge in [0.25, 0.3) is 0 Å². The third-order valence-electron chi connectivity index (χ3n) is 4.67. The van der Waals surface area contributed by atoms with Crippen molar-refractivity contribution in [3.63, 3.8) is 0 Å². The highest BCUT2D eigenvalue weighted by atomic mass is 79.9. The normalized spacial score (nSPS) is 11.5. The van der Waals surface area contributed by atoms with Crippen LogP contribution in [0.15, 0.2) is 81.7 Å². The molecule has 0 aliphatic rings. The molecule has 2 aromatic heterocycles. The van der Waals surface area contributed by atoms with Crippen LogP contribution in [0.25, 0.3) is 37.9 Å². The van der Waals surface area contributed by atoms with Crippen molar-refractivity contribution in [1.29, 1.82) is 0 Å². The molecule has 0 aliphatic heterocycles. The number of nitrogens with zero attached hydrogens (tertiary/aromatic N) is 1. The summed E-state index contributed by atoms with van der Waals surface area (Å²) in [6.45, 7) is 0. The maximum Gasteiger partial charge on any atom is 0.0934 e. The van der Waals surface area contributed by atoms with Gasteiger partial charge < -0.3 is 4.57 Å². The van der Waals surface area contributed by atoms with Crippen LogP contribution >= 0.6 is 54.8 Å². The van der Waals surface area contributed by atoms with Gasteiger partial charge in [0.05, 0.1) is 15.4 Å². The van der Waals surface area contributed by atoms with Gasteiger partial charge in [-0.2, -0.15) is 0 Å². The van der Waals surface area contributed by atoms with Gasteiger partial charge in [0.15, 0.2) is 0 Å². The van der Waals surface area contributed by atoms with Crippen molar-refractivity contribution < 1.29 is 0 Å². The maximum atomic E-state index is 6.09. The van der Waals surface area contributed by atoms with E-state index >= 15 is 0 Å². The Labute approximate surface area is 182 Å². The fourth-order valence-electron chi connectivity index (χ4n) is 3.49. The van der Waals surface area contributed by atoms with Crippen molar-refractivity contribution in [1.82, 2.24) is 4.57 Å². The van der Waals surface area contributed by atoms with Crippen LogP contribution < -0.4 is 0 Å². The first-order chi connectivity index (χ1) is 13.1. The van der Waals surface area contributed by atoms with Gasteiger partial charge in [-0.25, -0.2) is 0 Å². The summed E-state index contributed by atoms with van der Waals surface area (Å²) in [6, 6.07) is 25.6. The minimum absolute atomic E-state index is 0.811. The molecule has 5 aromatic rings. The first-order valence-corrected chi connectivity index (χ1v) is 11.1. The summed E-state index contributed by atoms with van der Waals surface area (Å²) in [7, 11) is 0. The van der Waals surface area contributed by atoms with Gasteiger partial charge in [-0.1, -0.05) is 67.7 Å². The molecule has 0 unspecified atom stereocenters. The molecule has 3 aromatic carbocycles. The molecule has 132 valence electrons. The van der Waals surface area contributed by atoms with Gasteiger partial charge in [-0.05, 0) is 54.1 Å². The van der Waals surface area contributed by atoms with Crippen LogP contribution in [0, 0.1) is 0 Å². The van der Waals surface area contributed by atoms with E-state index in [2.05, 4.69) is 103 Å². The lowest BCUT2D eigenvalue weighted by Gasteiger charge is -2.09. The van der Waals surface area contributed by atoms with Crippen molar-refractivity contribution in [2.24, 2.45) is 0 Å². The Morgan fingerprint density at radius 3 is 1.81 bits per heavy atom. The monoisotopic (exact) mass is 515 g/mol. The zero-order valence-electron chi connectivity index (χ0n) is 13.9. The summed E-state index contributed by atoms with van der Waals surface area (Å²) < 4.78 is 5.27. The molecule has 5 rings (SSSR count). The Hall–Kier alpha value is -1.59. The summed E-state index contributed by atoms with van der Waals surface area (Å²) in [5.74, 6) is 0. The fraction of sp³-hybridized carbons (Fsp3) is 0. The van der Waals surface area contributed by atoms with Crippen LogP contribution in [-0.4, -0.2) is 4.57 Å². The average molecular weight is 518 g/mol. The van der Waals surface area contributed by atoms with E-state index in [1.807, 2.05) is 6.07 Å². The molecule has 0 fully saturated rings. The molecule has 1 nitrogen and oxygen atoms in total. The lowest BCUT2D eigenvalue weighted by molar-refractivity contribution is 1.18. The minimum Gasteiger partial charge on any atom is -0.309 e. The summed E-state index contributed by atoms with van der Waals surface area (Å²) in [6.07, 6.45) is 0. The second-order valence-electron chi connectivity index (χ2n) is 6.31. The van der Waals surface area contributed by atoms with E-state index in [1.54, 1.807) is 11.3 Å². The number of aromatic nitrogens is 1. The highest BCUT2D eigenvalue weighted by molar-refractivity contribution is 9.10. The maximum absolute atomic E-state index is 6.09. The topological polar surface area (TPSA) is 4.93 Å². The number of benzene rings is 3. The largest absolute Gasteiger partial charge is 0.309 e. The van der Waals surface area contributed by atoms with Crippen molar-refractivity contribution in [3.05, 3.63) is 86.1 Å². The molecule has 0 amide bonds. The van der Waals surface area contributed by atoms with E-state index in [-0.39, 0.29) is 0 Å². The van der Waals surface area contributed by atoms with Crippen molar-refractivity contribution in [3.8, 4) is 16.1 Å². The van der Waals surface area contributed by atoms with Gasteiger partial charge in [0.2, 0.25) is 0 Å². The summed E-state index contributed by atoms with van der Waals surface area (Å²) in [4.78, 5) is 1.18. The molecular weight excluding hydrogens is 506 g/mol. The molecule has 0 saturated carbocycles. The first-order valence-electron chi connectivity index (χ1n) is 8.35. The number of halogens is 3. The molecular formula is C22H12Br2ClNS. The van der Waals surface area contributed by atoms with Crippen LogP contribution in [0.4, 0.5) is 0 Å². The van der Waals surface area contributed by atoms with Crippen molar-refractivity contribution >= 4 is 76.6 Å². The minimum atomic E-state index is 0.811. The van der Waals surface area contributed by atoms with E-state index in [9.17, 15) is 0 Å². The number of hydrogen-bond donors (Lipinski definition) is 0. The van der Waals surface area contributed by atoms with Gasteiger partial charge in [0, 0.05) is 30.3 Å². The lowest BCUT2D eigenvalue weighted by Crippen LogP contribution is -1.93. The molecule has 0 radical (unpaired) electrons. The third-order valence-corrected chi connectivity index (χ3v) is 6.94. The van der Waals surface area contributed by atoms with Gasteiger partial charge >= 0.3 is 0 Å². The van der Waals surface area contributed by atoms with Gasteiger partial charge in [0.1, 0.15) is 0 Å². The van der Waals surface area contributed by atoms with Crippen LogP contribution in [-0.2, 0) is 0 Å². The Morgan fingerprint density at radius 1 is 0.704 bits per heavy atom. The van der Waals surface area contributed by atoms with Crippen LogP contribution in [0.3, 0.4) is 0 Å². The predicted molar refractivity (Wildman–Crippen MR) is 125 cm³/mol. The van der Waals surface area contributed by atoms with E-state index in [1.165, 1.54) is 32.2 Å². The van der Waals surface area contributed by atoms with Crippen LogP contribution in [0.5, 0.6) is 0 Å². The molecule has 0 aliphatic carbocycles. The van der Waals surface area contributed by atoms with E-state index in [4.69, 9.17) is 11.6 Å². The average Bonchev–Trinajstić information content (AvgIpc) is 3.22. The smallest absolute Gasteiger partial charge is 0.0934 e. The highest BCUT2D eigenvalue weighted by Crippen LogP contribution is 2.36. The standard InChI is InChI=1S/C22H12Br2ClNS/c23-14-3-7-17-18-8-4-15(24)12-20(18)26(19(17)11-14)16-5-1-13(2-6-16)21-9-10-22(25)27-21/h1-12H. The van der Waals surface area contributed by atoms with Gasteiger partial charge in [-0.15, -0.1) is 11.3 Å². The Balaban J connectivity index is 1.75. The molecule has 2 heterocycles. The number of thiophene rings is 1. The Bertz CT molecular complexity index is 1240. The Morgan fingerprint density at radius 2 is 1.30 bits per heavy atom. The molecule has 0 saturated heterocycles. The lowest BCUT2D eigenvalue weighted by atomic mass is 10.1. The number of fused-ring (bicyclic) bond motifs is 3. The molecule has 0 N–H and O–H groups in total. The van der Waals surface area contributed by atoms with Crippen molar-refractivity contribution in [2.75, 3.05) is 0 Å². The first kappa shape index (κ1) is 17.5. The predicted octanol–water partition coefficient (Wildman–Crippen LogP) is 8.69. The third kappa shape index (κ3) is 3.05. The van der Waals surface area contributed by atoms with Crippen molar-refractivity contribution in [2.45, 2.75) is 0 Å². The van der Waals surface area contributed by atoms with E-state index in [0.29, 0.717) is 0 Å². The molecule has 0 bridgehead atoms. The molecule has 5 heteroatoms. The number of rotatable bonds is 2. The molecule has 0 atom stereocenters. The fourth-order valence-corrected chi connectivity index (χ4v) is 5.23. The summed E-state index contributed by atoms with van der Waals surface area (Å²) in [5, 5.41) is 2.49. The van der Waals surface area contributed by atoms with E-state index in [0.717, 1.165) is 19.0 Å². The highest BCUT2D eigenvalue weighted by Gasteiger charge is 2.13. The molecule has 0 spiro atoms. The zero-order valence-corrected chi connectivity index (χ0v) is 18.7. The second kappa shape index (κ2) is 6.78.